The van der Waals surface area contributed by atoms with Crippen molar-refractivity contribution in [3.05, 3.63) is 12.3 Å². The van der Waals surface area contributed by atoms with Gasteiger partial charge in [0.15, 0.2) is 0 Å². The minimum Gasteiger partial charge on any atom is -0.688 e. The van der Waals surface area contributed by atoms with E-state index in [1.165, 1.54) is 0 Å². The smallest absolute Gasteiger partial charge is 0.688 e. The first-order chi connectivity index (χ1) is 13.1. The van der Waals surface area contributed by atoms with Crippen LogP contribution in [0.2, 0.25) is 26.7 Å². The minimum absolute atomic E-state index is 0. The Kier molecular flexibility index (Phi) is 9.26. The first kappa shape index (κ1) is 28.5. The van der Waals surface area contributed by atoms with Crippen LogP contribution in [0.15, 0.2) is 6.08 Å². The van der Waals surface area contributed by atoms with Crippen molar-refractivity contribution in [1.82, 2.24) is 0 Å². The molecule has 0 aromatic heterocycles. The molecule has 0 radical (unpaired) electrons. The Bertz CT molecular complexity index is 557. The molecule has 7 heteroatoms. The molecule has 0 N–H and O–H groups in total. The molecule has 170 valence electrons. The van der Waals surface area contributed by atoms with Crippen LogP contribution in [0.1, 0.15) is 83.1 Å². The molecule has 1 saturated heterocycles. The van der Waals surface area contributed by atoms with Gasteiger partial charge in [0.25, 0.3) is 0 Å². The van der Waals surface area contributed by atoms with E-state index < -0.39 is 16.9 Å². The van der Waals surface area contributed by atoms with Gasteiger partial charge in [-0.15, -0.1) is 0 Å². The largest absolute Gasteiger partial charge is 1.00 e. The van der Waals surface area contributed by atoms with Gasteiger partial charge in [0.05, 0.1) is 12.7 Å². The van der Waals surface area contributed by atoms with Gasteiger partial charge in [-0.1, -0.05) is 83.1 Å². The topological polar surface area (TPSA) is 36.9 Å². The van der Waals surface area contributed by atoms with Crippen molar-refractivity contribution in [3.8, 4) is 0 Å². The second-order valence-electron chi connectivity index (χ2n) is 11.9. The maximum atomic E-state index is 7.13. The van der Waals surface area contributed by atoms with Gasteiger partial charge in [-0.05, 0) is 16.6 Å². The van der Waals surface area contributed by atoms with Gasteiger partial charge in [0.2, 0.25) is 8.32 Å². The molecular weight excluding hydrogens is 403 g/mol. The molecule has 0 amide bonds. The molecule has 0 saturated carbocycles. The van der Waals surface area contributed by atoms with Gasteiger partial charge < -0.3 is 24.3 Å². The summed E-state index contributed by atoms with van der Waals surface area (Å²) in [6.07, 6.45) is 4.54. The fraction of sp³-hybridized carbons (Fsp3) is 0.913. The van der Waals surface area contributed by atoms with Gasteiger partial charge in [-0.3, -0.25) is 0 Å². The Balaban J connectivity index is 0.00000450. The second-order valence-corrected chi connectivity index (χ2v) is 22.0. The summed E-state index contributed by atoms with van der Waals surface area (Å²) in [6.45, 7) is 28.0. The maximum absolute atomic E-state index is 7.13. The summed E-state index contributed by atoms with van der Waals surface area (Å²) in [7, 11) is -4.65. The number of hydrogen-bond acceptors (Lipinski definition) is 4. The van der Waals surface area contributed by atoms with Crippen LogP contribution in [0.5, 0.6) is 0 Å². The Morgan fingerprint density at radius 2 is 1.40 bits per heavy atom. The van der Waals surface area contributed by atoms with E-state index in [0.29, 0.717) is 23.2 Å². The van der Waals surface area contributed by atoms with Crippen LogP contribution >= 0.6 is 0 Å². The summed E-state index contributed by atoms with van der Waals surface area (Å²) >= 11 is 0. The van der Waals surface area contributed by atoms with Crippen molar-refractivity contribution >= 4 is 16.9 Å². The first-order valence-electron chi connectivity index (χ1n) is 11.3. The van der Waals surface area contributed by atoms with E-state index in [1.54, 1.807) is 0 Å². The first-order valence-corrected chi connectivity index (χ1v) is 15.3. The molecule has 0 aliphatic carbocycles. The van der Waals surface area contributed by atoms with Crippen LogP contribution in [0.4, 0.5) is 0 Å². The zero-order chi connectivity index (χ0) is 22.4. The number of hydrogen-bond donors (Lipinski definition) is 0. The van der Waals surface area contributed by atoms with Crippen molar-refractivity contribution < 1.29 is 36.9 Å². The SMILES string of the molecule is CC(C)[Si](O[C@@H]1C=[C-]O[C@@H]2CO[Si](C(C)(C)C)(C(C)(C)C)O[C@@H]12)(C(C)C)C(C)C.[Li+]. The third-order valence-corrected chi connectivity index (χ3v) is 18.1. The summed E-state index contributed by atoms with van der Waals surface area (Å²) in [5.41, 5.74) is 1.55. The Morgan fingerprint density at radius 1 is 0.933 bits per heavy atom. The maximum Gasteiger partial charge on any atom is 1.00 e. The summed E-state index contributed by atoms with van der Waals surface area (Å²) in [6, 6.07) is 0. The van der Waals surface area contributed by atoms with Crippen molar-refractivity contribution in [2.75, 3.05) is 6.61 Å². The van der Waals surface area contributed by atoms with E-state index in [2.05, 4.69) is 89.3 Å². The third kappa shape index (κ3) is 4.86. The van der Waals surface area contributed by atoms with E-state index in [-0.39, 0.29) is 47.2 Å². The summed E-state index contributed by atoms with van der Waals surface area (Å²) in [5, 5.41) is -0.122. The molecule has 2 aliphatic rings. The molecule has 4 nitrogen and oxygen atoms in total. The average molecular weight is 449 g/mol. The zero-order valence-corrected chi connectivity index (χ0v) is 23.9. The van der Waals surface area contributed by atoms with Crippen LogP contribution in [0, 0.1) is 6.26 Å². The van der Waals surface area contributed by atoms with Gasteiger partial charge in [0, 0.05) is 10.1 Å². The molecule has 0 aromatic carbocycles. The van der Waals surface area contributed by atoms with E-state index >= 15 is 0 Å². The normalized spacial score (nSPS) is 27.1. The molecule has 0 unspecified atom stereocenters. The summed E-state index contributed by atoms with van der Waals surface area (Å²) < 4.78 is 26.6. The standard InChI is InChI=1S/C23H45O4Si2.Li/c1-16(2)28(17(3)4,18(5)6)26-19-13-14-24-20-15-25-29(22(7,8)9,23(10,11)12)27-21(19)20;/h13,16-21H,15H2,1-12H3;/q-1;+1/t19-,20-,21+;/m1./s1. The molecule has 30 heavy (non-hydrogen) atoms. The van der Waals surface area contributed by atoms with Crippen LogP contribution in [0.25, 0.3) is 0 Å². The van der Waals surface area contributed by atoms with E-state index in [0.717, 1.165) is 0 Å². The zero-order valence-electron chi connectivity index (χ0n) is 21.9. The molecule has 2 aliphatic heterocycles. The molecule has 0 spiro atoms. The number of fused-ring (bicyclic) bond motifs is 1. The molecule has 0 aromatic rings. The monoisotopic (exact) mass is 448 g/mol. The Morgan fingerprint density at radius 3 is 1.80 bits per heavy atom. The predicted octanol–water partition coefficient (Wildman–Crippen LogP) is 3.72. The van der Waals surface area contributed by atoms with E-state index in [9.17, 15) is 0 Å². The van der Waals surface area contributed by atoms with Crippen LogP contribution in [-0.4, -0.2) is 41.8 Å². The second kappa shape index (κ2) is 9.75. The van der Waals surface area contributed by atoms with E-state index in [1.807, 2.05) is 6.08 Å². The molecular formula is C23H45LiO4Si2. The van der Waals surface area contributed by atoms with Crippen molar-refractivity contribution in [2.24, 2.45) is 0 Å². The summed E-state index contributed by atoms with van der Waals surface area (Å²) in [5.74, 6) is 0. The van der Waals surface area contributed by atoms with Gasteiger partial charge in [-0.25, -0.2) is 6.08 Å². The average Bonchev–Trinajstić information content (AvgIpc) is 2.56. The fourth-order valence-electron chi connectivity index (χ4n) is 5.92. The number of rotatable bonds is 5. The number of ether oxygens (including phenoxy) is 1. The quantitative estimate of drug-likeness (QED) is 0.474. The van der Waals surface area contributed by atoms with Crippen molar-refractivity contribution in [2.45, 2.75) is 128 Å². The van der Waals surface area contributed by atoms with Crippen LogP contribution < -0.4 is 18.9 Å². The Hall–Kier alpha value is 0.451. The van der Waals surface area contributed by atoms with E-state index in [4.69, 9.17) is 18.0 Å². The predicted molar refractivity (Wildman–Crippen MR) is 125 cm³/mol. The molecule has 1 fully saturated rings. The molecule has 3 atom stereocenters. The third-order valence-electron chi connectivity index (χ3n) is 6.92. The van der Waals surface area contributed by atoms with Gasteiger partial charge in [0.1, 0.15) is 12.2 Å². The van der Waals surface area contributed by atoms with Crippen molar-refractivity contribution in [1.29, 1.82) is 0 Å². The van der Waals surface area contributed by atoms with Crippen molar-refractivity contribution in [3.63, 3.8) is 0 Å². The molecule has 2 heterocycles. The fourth-order valence-corrected chi connectivity index (χ4v) is 16.4. The molecule has 2 rings (SSSR count). The molecule has 0 bridgehead atoms. The van der Waals surface area contributed by atoms with Gasteiger partial charge in [-0.2, -0.15) is 0 Å². The van der Waals surface area contributed by atoms with Crippen LogP contribution in [-0.2, 0) is 18.0 Å². The minimum atomic E-state index is -2.59. The Labute approximate surface area is 200 Å². The summed E-state index contributed by atoms with van der Waals surface area (Å²) in [4.78, 5) is 0. The van der Waals surface area contributed by atoms with Crippen LogP contribution in [0.3, 0.4) is 0 Å². The van der Waals surface area contributed by atoms with Gasteiger partial charge >= 0.3 is 27.4 Å².